The van der Waals surface area contributed by atoms with Gasteiger partial charge in [-0.3, -0.25) is 0 Å². The second kappa shape index (κ2) is 16.3. The van der Waals surface area contributed by atoms with E-state index in [1.807, 2.05) is 0 Å². The van der Waals surface area contributed by atoms with Gasteiger partial charge in [-0.25, -0.2) is 4.79 Å². The molecule has 49 heavy (non-hydrogen) atoms. The minimum absolute atomic E-state index is 0.0651. The summed E-state index contributed by atoms with van der Waals surface area (Å²) in [7, 11) is -16.6. The lowest BCUT2D eigenvalue weighted by molar-refractivity contribution is -0.282. The number of halogens is 15. The van der Waals surface area contributed by atoms with Crippen molar-refractivity contribution < 1.29 is 87.7 Å². The van der Waals surface area contributed by atoms with Gasteiger partial charge in [0.15, 0.2) is 25.0 Å². The van der Waals surface area contributed by atoms with Gasteiger partial charge in [-0.1, -0.05) is 6.58 Å². The molecule has 0 spiro atoms. The van der Waals surface area contributed by atoms with Crippen molar-refractivity contribution in [1.29, 1.82) is 0 Å². The van der Waals surface area contributed by atoms with Gasteiger partial charge in [0, 0.05) is 30.9 Å². The molecule has 0 radical (unpaired) electrons. The van der Waals surface area contributed by atoms with Crippen LogP contribution in [-0.4, -0.2) is 82.6 Å². The molecule has 0 unspecified atom stereocenters. The van der Waals surface area contributed by atoms with Gasteiger partial charge in [-0.15, -0.1) is 0 Å². The molecule has 292 valence electrons. The number of hydrogen-bond acceptors (Lipinski definition) is 5. The molecule has 0 amide bonds. The highest BCUT2D eigenvalue weighted by atomic mass is 28.5. The molecule has 0 aliphatic carbocycles. The average Bonchev–Trinajstić information content (AvgIpc) is 2.85. The molecule has 0 saturated carbocycles. The summed E-state index contributed by atoms with van der Waals surface area (Å²) in [4.78, 5) is 11.9. The zero-order chi connectivity index (χ0) is 39.3. The normalized spacial score (nSPS) is 15.1. The van der Waals surface area contributed by atoms with Gasteiger partial charge < -0.3 is 17.1 Å². The average molecular weight is 819 g/mol. The van der Waals surface area contributed by atoms with Crippen molar-refractivity contribution in [2.45, 2.75) is 132 Å². The van der Waals surface area contributed by atoms with Gasteiger partial charge in [0.25, 0.3) is 0 Å². The van der Waals surface area contributed by atoms with Gasteiger partial charge in [-0.05, 0) is 70.8 Å². The summed E-state index contributed by atoms with van der Waals surface area (Å²) < 4.78 is 223. The molecule has 0 bridgehead atoms. The van der Waals surface area contributed by atoms with Gasteiger partial charge in [0.05, 0.1) is 6.61 Å². The molecule has 5 nitrogen and oxygen atoms in total. The first-order valence-electron chi connectivity index (χ1n) is 14.6. The molecule has 0 saturated heterocycles. The topological polar surface area (TPSA) is 54.0 Å². The lowest BCUT2D eigenvalue weighted by Crippen LogP contribution is -2.62. The van der Waals surface area contributed by atoms with E-state index in [1.54, 1.807) is 0 Å². The van der Waals surface area contributed by atoms with Crippen molar-refractivity contribution in [3.63, 3.8) is 0 Å². The monoisotopic (exact) mass is 818 g/mol. The van der Waals surface area contributed by atoms with Crippen molar-refractivity contribution in [2.75, 3.05) is 6.61 Å². The zero-order valence-corrected chi connectivity index (χ0v) is 31.8. The number of rotatable bonds is 20. The summed E-state index contributed by atoms with van der Waals surface area (Å²) in [5.74, 6) is -16.5. The smallest absolute Gasteiger partial charge is 0.462 e. The third-order valence-electron chi connectivity index (χ3n) is 6.87. The minimum atomic E-state index is -5.97. The van der Waals surface area contributed by atoms with Gasteiger partial charge in [0.1, 0.15) is 0 Å². The fraction of sp³-hybridized carbons (Fsp3) is 0.880. The molecule has 0 aromatic rings. The molecule has 0 aromatic carbocycles. The van der Waals surface area contributed by atoms with Crippen LogP contribution in [0.25, 0.3) is 0 Å². The number of carbonyl (C=O) groups is 1. The van der Waals surface area contributed by atoms with Crippen LogP contribution >= 0.6 is 0 Å². The summed E-state index contributed by atoms with van der Waals surface area (Å²) >= 11 is 0. The minimum Gasteiger partial charge on any atom is -0.462 e. The largest absolute Gasteiger partial charge is 0.469 e. The van der Waals surface area contributed by atoms with Crippen LogP contribution in [0.2, 0.25) is 63.5 Å². The molecule has 0 rings (SSSR count). The van der Waals surface area contributed by atoms with Crippen molar-refractivity contribution in [1.82, 2.24) is 0 Å². The van der Waals surface area contributed by atoms with E-state index in [0.717, 1.165) is 39.3 Å². The fourth-order valence-electron chi connectivity index (χ4n) is 4.01. The van der Waals surface area contributed by atoms with E-state index in [4.69, 9.17) is 17.1 Å². The summed E-state index contributed by atoms with van der Waals surface area (Å²) in [6.45, 7) is 10.9. The quantitative estimate of drug-likeness (QED) is 0.0403. The lowest BCUT2D eigenvalue weighted by Gasteiger charge is -2.45. The lowest BCUT2D eigenvalue weighted by atomic mass is 10.2. The van der Waals surface area contributed by atoms with E-state index in [2.05, 4.69) is 6.58 Å². The Morgan fingerprint density at radius 2 is 0.796 bits per heavy atom. The second-order valence-corrected chi connectivity index (χ2v) is 29.8. The first-order chi connectivity index (χ1) is 21.3. The Morgan fingerprint density at radius 1 is 0.531 bits per heavy atom. The highest BCUT2D eigenvalue weighted by molar-refractivity contribution is 6.90. The van der Waals surface area contributed by atoms with Crippen LogP contribution in [0.5, 0.6) is 0 Å². The summed E-state index contributed by atoms with van der Waals surface area (Å²) in [6.07, 6.45) is -23.7. The van der Waals surface area contributed by atoms with Crippen LogP contribution in [-0.2, 0) is 21.9 Å². The maximum atomic E-state index is 13.9. The third kappa shape index (κ3) is 16.0. The summed E-state index contributed by atoms with van der Waals surface area (Å²) in [5, 5.41) is 0. The van der Waals surface area contributed by atoms with E-state index in [-0.39, 0.29) is 12.0 Å². The number of carbonyl (C=O) groups excluding carboxylic acids is 1. The first-order valence-corrected chi connectivity index (χ1v) is 25.9. The Morgan fingerprint density at radius 3 is 1.02 bits per heavy atom. The fourth-order valence-corrected chi connectivity index (χ4v) is 21.5. The van der Waals surface area contributed by atoms with Crippen LogP contribution in [0.1, 0.15) is 32.6 Å². The van der Waals surface area contributed by atoms with E-state index in [0.29, 0.717) is 0 Å². The summed E-state index contributed by atoms with van der Waals surface area (Å²) in [5.41, 5.74) is -0.0651. The molecule has 0 N–H and O–H groups in total. The van der Waals surface area contributed by atoms with Crippen LogP contribution in [0.3, 0.4) is 0 Å². The predicted octanol–water partition coefficient (Wildman–Crippen LogP) is 10.9. The molecular formula is C25H41F15O5Si4. The van der Waals surface area contributed by atoms with Crippen molar-refractivity contribution in [3.05, 3.63) is 12.2 Å². The van der Waals surface area contributed by atoms with Crippen LogP contribution in [0, 0.1) is 0 Å². The van der Waals surface area contributed by atoms with Gasteiger partial charge in [-0.2, -0.15) is 65.9 Å². The molecule has 0 aromatic heterocycles. The molecule has 0 atom stereocenters. The van der Waals surface area contributed by atoms with Crippen LogP contribution in [0.4, 0.5) is 65.9 Å². The third-order valence-corrected chi connectivity index (χ3v) is 22.6. The van der Waals surface area contributed by atoms with Crippen molar-refractivity contribution >= 4 is 39.7 Å². The van der Waals surface area contributed by atoms with Crippen LogP contribution < -0.4 is 0 Å². The Bertz CT molecular complexity index is 1000. The maximum Gasteiger partial charge on any atom is 0.469 e. The molecule has 0 aliphatic rings. The van der Waals surface area contributed by atoms with E-state index in [1.165, 1.54) is 6.92 Å². The van der Waals surface area contributed by atoms with Crippen molar-refractivity contribution in [2.24, 2.45) is 0 Å². The summed E-state index contributed by atoms with van der Waals surface area (Å²) in [6, 6.07) is -3.46. The van der Waals surface area contributed by atoms with Crippen LogP contribution in [0.15, 0.2) is 12.2 Å². The maximum absolute atomic E-state index is 13.9. The molecule has 0 heterocycles. The second-order valence-electron chi connectivity index (χ2n) is 13.4. The highest BCUT2D eigenvalue weighted by Crippen LogP contribution is 2.45. The molecule has 24 heteroatoms. The zero-order valence-electron chi connectivity index (χ0n) is 27.8. The van der Waals surface area contributed by atoms with Gasteiger partial charge in [0.2, 0.25) is 0 Å². The van der Waals surface area contributed by atoms with E-state index in [9.17, 15) is 70.7 Å². The number of alkyl halides is 15. The standard InChI is InChI=1S/C25H41F15O5Si4/c1-18(2)19(41)42-13-9-14-49(43-46(3,4)15-10-20(26,27)23(32,33)34,44-47(5,6)16-11-21(28,29)24(35,36)37)45-48(7,8)17-12-22(30,31)25(38,39)40/h1,9-17H2,2-8H3. The highest BCUT2D eigenvalue weighted by Gasteiger charge is 2.61. The Balaban J connectivity index is 6.93. The van der Waals surface area contributed by atoms with Crippen molar-refractivity contribution in [3.8, 4) is 0 Å². The Kier molecular flexibility index (Phi) is 15.9. The Hall–Kier alpha value is -1.09. The number of esters is 1. The number of ether oxygens (including phenoxy) is 1. The van der Waals surface area contributed by atoms with E-state index < -0.39 is 126 Å². The van der Waals surface area contributed by atoms with E-state index >= 15 is 0 Å². The molecular weight excluding hydrogens is 778 g/mol. The molecule has 0 fully saturated rings. The van der Waals surface area contributed by atoms with Gasteiger partial charge >= 0.3 is 51.1 Å². The molecule has 0 aliphatic heterocycles. The predicted molar refractivity (Wildman–Crippen MR) is 158 cm³/mol. The first kappa shape index (κ1) is 47.9. The number of hydrogen-bond donors (Lipinski definition) is 0. The Labute approximate surface area is 278 Å². The SMILES string of the molecule is C=C(C)C(=O)OCCC[Si](O[Si](C)(C)CCC(F)(F)C(F)(F)F)(O[Si](C)(C)CCC(F)(F)C(F)(F)F)O[Si](C)(C)CCC(F)(F)C(F)(F)F.